The second-order valence-corrected chi connectivity index (χ2v) is 13.0. The lowest BCUT2D eigenvalue weighted by atomic mass is 10.0. The average Bonchev–Trinajstić information content (AvgIpc) is 3.39. The van der Waals surface area contributed by atoms with E-state index in [0.29, 0.717) is 61.1 Å². The van der Waals surface area contributed by atoms with Crippen molar-refractivity contribution in [2.75, 3.05) is 35.0 Å². The molecule has 1 amide bonds. The Bertz CT molecular complexity index is 1140. The van der Waals surface area contributed by atoms with Crippen molar-refractivity contribution in [2.45, 2.75) is 84.4 Å². The predicted octanol–water partition coefficient (Wildman–Crippen LogP) is 4.15. The van der Waals surface area contributed by atoms with E-state index in [9.17, 15) is 18.3 Å². The van der Waals surface area contributed by atoms with Crippen LogP contribution in [0.15, 0.2) is 41.0 Å². The maximum absolute atomic E-state index is 13.5. The van der Waals surface area contributed by atoms with Gasteiger partial charge < -0.3 is 25.5 Å². The Morgan fingerprint density at radius 3 is 2.62 bits per heavy atom. The number of hydrogen-bond acceptors (Lipinski definition) is 7. The Hall–Kier alpha value is -2.56. The average molecular weight is 563 g/mol. The zero-order valence-corrected chi connectivity index (χ0v) is 24.6. The first-order valence-electron chi connectivity index (χ1n) is 14.2. The SMILES string of the molecule is CCNc1cc(C(=O)N[C@@H](Cc2ccco2)[C@H](O)CNC(C)CCCC(C)C)cc(N2CCCCS2(=O)=O)c1. The van der Waals surface area contributed by atoms with Crippen LogP contribution in [0.3, 0.4) is 0 Å². The monoisotopic (exact) mass is 562 g/mol. The van der Waals surface area contributed by atoms with Crippen molar-refractivity contribution in [1.29, 1.82) is 0 Å². The number of carbonyl (C=O) groups excluding carboxylic acids is 1. The van der Waals surface area contributed by atoms with Crippen LogP contribution in [0.5, 0.6) is 0 Å². The van der Waals surface area contributed by atoms with Gasteiger partial charge in [0.1, 0.15) is 5.76 Å². The summed E-state index contributed by atoms with van der Waals surface area (Å²) in [5.74, 6) is 1.04. The van der Waals surface area contributed by atoms with Gasteiger partial charge in [0.05, 0.1) is 29.8 Å². The van der Waals surface area contributed by atoms with Gasteiger partial charge in [0.2, 0.25) is 10.0 Å². The molecule has 0 radical (unpaired) electrons. The summed E-state index contributed by atoms with van der Waals surface area (Å²) in [5, 5.41) is 20.7. The number of benzene rings is 1. The molecule has 1 aliphatic rings. The molecular weight excluding hydrogens is 516 g/mol. The fourth-order valence-electron chi connectivity index (χ4n) is 4.85. The molecule has 218 valence electrons. The highest BCUT2D eigenvalue weighted by atomic mass is 32.2. The fourth-order valence-corrected chi connectivity index (χ4v) is 6.47. The van der Waals surface area contributed by atoms with Gasteiger partial charge in [-0.1, -0.05) is 26.7 Å². The number of anilines is 2. The third-order valence-electron chi connectivity index (χ3n) is 7.07. The molecule has 4 N–H and O–H groups in total. The third kappa shape index (κ3) is 9.54. The van der Waals surface area contributed by atoms with E-state index in [-0.39, 0.29) is 17.7 Å². The minimum Gasteiger partial charge on any atom is -0.469 e. The highest BCUT2D eigenvalue weighted by Crippen LogP contribution is 2.28. The molecule has 3 rings (SSSR count). The van der Waals surface area contributed by atoms with E-state index < -0.39 is 22.2 Å². The van der Waals surface area contributed by atoms with Crippen LogP contribution in [-0.2, 0) is 16.4 Å². The minimum absolute atomic E-state index is 0.0975. The second kappa shape index (κ2) is 14.7. The number of amides is 1. The molecule has 0 bridgehead atoms. The topological polar surface area (TPSA) is 124 Å². The Labute approximate surface area is 233 Å². The molecule has 1 aromatic carbocycles. The van der Waals surface area contributed by atoms with Crippen LogP contribution in [0, 0.1) is 5.92 Å². The van der Waals surface area contributed by atoms with Crippen molar-refractivity contribution in [3.8, 4) is 0 Å². The molecule has 1 unspecified atom stereocenters. The van der Waals surface area contributed by atoms with E-state index >= 15 is 0 Å². The Balaban J connectivity index is 1.76. The Kier molecular flexibility index (Phi) is 11.7. The summed E-state index contributed by atoms with van der Waals surface area (Å²) in [6.07, 6.45) is 5.74. The first-order chi connectivity index (χ1) is 18.6. The van der Waals surface area contributed by atoms with Gasteiger partial charge >= 0.3 is 0 Å². The van der Waals surface area contributed by atoms with Crippen LogP contribution in [0.1, 0.15) is 75.9 Å². The summed E-state index contributed by atoms with van der Waals surface area (Å²) >= 11 is 0. The number of nitrogens with zero attached hydrogens (tertiary/aromatic N) is 1. The normalized spacial score (nSPS) is 17.5. The molecule has 3 atom stereocenters. The quantitative estimate of drug-likeness (QED) is 0.257. The summed E-state index contributed by atoms with van der Waals surface area (Å²) in [5.41, 5.74) is 1.47. The molecule has 10 heteroatoms. The smallest absolute Gasteiger partial charge is 0.251 e. The fraction of sp³-hybridized carbons (Fsp3) is 0.621. The lowest BCUT2D eigenvalue weighted by Gasteiger charge is -2.29. The van der Waals surface area contributed by atoms with E-state index in [1.165, 1.54) is 10.7 Å². The van der Waals surface area contributed by atoms with Crippen LogP contribution in [0.2, 0.25) is 0 Å². The molecular formula is C29H46N4O5S. The van der Waals surface area contributed by atoms with Crippen LogP contribution in [0.25, 0.3) is 0 Å². The van der Waals surface area contributed by atoms with Crippen LogP contribution >= 0.6 is 0 Å². The van der Waals surface area contributed by atoms with E-state index in [2.05, 4.69) is 36.7 Å². The molecule has 2 heterocycles. The largest absolute Gasteiger partial charge is 0.469 e. The highest BCUT2D eigenvalue weighted by Gasteiger charge is 2.28. The summed E-state index contributed by atoms with van der Waals surface area (Å²) in [6.45, 7) is 9.81. The number of furan rings is 1. The van der Waals surface area contributed by atoms with Gasteiger partial charge in [-0.05, 0) is 69.4 Å². The summed E-state index contributed by atoms with van der Waals surface area (Å²) in [4.78, 5) is 13.5. The standard InChI is InChI=1S/C29H46N4O5S/c1-5-30-24-16-23(17-25(18-24)33-13-6-7-15-39(33,36)37)29(35)32-27(19-26-12-9-14-38-26)28(34)20-31-22(4)11-8-10-21(2)3/h9,12,14,16-18,21-22,27-28,30-31,34H,5-8,10-11,13,15,19-20H2,1-4H3,(H,32,35)/t22?,27-,28+/m0/s1. The number of aliphatic hydroxyl groups is 1. The van der Waals surface area contributed by atoms with Gasteiger partial charge in [-0.2, -0.15) is 0 Å². The van der Waals surface area contributed by atoms with Crippen molar-refractivity contribution < 1.29 is 22.7 Å². The van der Waals surface area contributed by atoms with Crippen molar-refractivity contribution in [3.63, 3.8) is 0 Å². The highest BCUT2D eigenvalue weighted by molar-refractivity contribution is 7.92. The van der Waals surface area contributed by atoms with Crippen LogP contribution in [0.4, 0.5) is 11.4 Å². The van der Waals surface area contributed by atoms with E-state index in [1.54, 1.807) is 30.5 Å². The third-order valence-corrected chi connectivity index (χ3v) is 8.94. The number of rotatable bonds is 15. The first kappa shape index (κ1) is 31.0. The van der Waals surface area contributed by atoms with Crippen LogP contribution < -0.4 is 20.3 Å². The first-order valence-corrected chi connectivity index (χ1v) is 15.8. The Morgan fingerprint density at radius 1 is 1.15 bits per heavy atom. The number of hydrogen-bond donors (Lipinski definition) is 4. The Morgan fingerprint density at radius 2 is 1.95 bits per heavy atom. The van der Waals surface area contributed by atoms with Gasteiger partial charge in [-0.25, -0.2) is 8.42 Å². The molecule has 0 saturated carbocycles. The molecule has 39 heavy (non-hydrogen) atoms. The maximum atomic E-state index is 13.5. The zero-order chi connectivity index (χ0) is 28.4. The number of sulfonamides is 1. The molecule has 1 aliphatic heterocycles. The molecule has 1 aromatic heterocycles. The molecule has 9 nitrogen and oxygen atoms in total. The van der Waals surface area contributed by atoms with Crippen molar-refractivity contribution in [2.24, 2.45) is 5.92 Å². The summed E-state index contributed by atoms with van der Waals surface area (Å²) in [7, 11) is -3.44. The molecule has 1 saturated heterocycles. The predicted molar refractivity (Wildman–Crippen MR) is 157 cm³/mol. The van der Waals surface area contributed by atoms with Crippen molar-refractivity contribution in [3.05, 3.63) is 47.9 Å². The maximum Gasteiger partial charge on any atom is 0.251 e. The van der Waals surface area contributed by atoms with Gasteiger partial charge in [-0.15, -0.1) is 0 Å². The van der Waals surface area contributed by atoms with Gasteiger partial charge in [-0.3, -0.25) is 9.10 Å². The van der Waals surface area contributed by atoms with E-state index in [1.807, 2.05) is 13.0 Å². The molecule has 0 spiro atoms. The number of aliphatic hydroxyl groups excluding tert-OH is 1. The van der Waals surface area contributed by atoms with E-state index in [0.717, 1.165) is 19.3 Å². The number of nitrogens with one attached hydrogen (secondary N) is 3. The summed E-state index contributed by atoms with van der Waals surface area (Å²) < 4.78 is 32.4. The minimum atomic E-state index is -3.44. The number of carbonyl (C=O) groups is 1. The lowest BCUT2D eigenvalue weighted by Crippen LogP contribution is -2.49. The molecule has 1 fully saturated rings. The van der Waals surface area contributed by atoms with Crippen LogP contribution in [-0.4, -0.2) is 63.0 Å². The van der Waals surface area contributed by atoms with Crippen molar-refractivity contribution >= 4 is 27.3 Å². The van der Waals surface area contributed by atoms with E-state index in [4.69, 9.17) is 4.42 Å². The van der Waals surface area contributed by atoms with Crippen molar-refractivity contribution in [1.82, 2.24) is 10.6 Å². The zero-order valence-electron chi connectivity index (χ0n) is 23.8. The van der Waals surface area contributed by atoms with Gasteiger partial charge in [0.25, 0.3) is 5.91 Å². The summed E-state index contributed by atoms with van der Waals surface area (Å²) in [6, 6.07) is 8.32. The second-order valence-electron chi connectivity index (χ2n) is 11.0. The van der Waals surface area contributed by atoms with Gasteiger partial charge in [0, 0.05) is 43.3 Å². The molecule has 2 aromatic rings. The molecule has 0 aliphatic carbocycles. The van der Waals surface area contributed by atoms with Gasteiger partial charge in [0.15, 0.2) is 0 Å². The lowest BCUT2D eigenvalue weighted by molar-refractivity contribution is 0.0818.